The molecule has 0 fully saturated rings. The lowest BCUT2D eigenvalue weighted by atomic mass is 10.1. The van der Waals surface area contributed by atoms with Gasteiger partial charge in [-0.05, 0) is 55.0 Å². The Bertz CT molecular complexity index is 1260. The average molecular weight is 595 g/mol. The first-order valence-electron chi connectivity index (χ1n) is 13.2. The van der Waals surface area contributed by atoms with Crippen LogP contribution in [0.15, 0.2) is 89.5 Å². The summed E-state index contributed by atoms with van der Waals surface area (Å²) in [6.45, 7) is 8.90. The predicted molar refractivity (Wildman–Crippen MR) is 160 cm³/mol. The Morgan fingerprint density at radius 3 is 2.15 bits per heavy atom. The van der Waals surface area contributed by atoms with E-state index < -0.39 is 0 Å². The number of nitrogens with zero attached hydrogens (tertiary/aromatic N) is 2. The number of nitrogens with one attached hydrogen (secondary N) is 1. The van der Waals surface area contributed by atoms with E-state index in [1.165, 1.54) is 0 Å². The SMILES string of the molecule is CC.CCCOCCOCCOc1ccc(NC(=O)c2cn(-c3ccccc3)nc2-c2ccc(Br)cc2)cc1. The molecular weight excluding hydrogens is 558 g/mol. The lowest BCUT2D eigenvalue weighted by Crippen LogP contribution is -2.12. The number of para-hydroxylation sites is 1. The molecule has 0 saturated heterocycles. The van der Waals surface area contributed by atoms with Crippen molar-refractivity contribution in [1.29, 1.82) is 0 Å². The first kappa shape index (κ1) is 30.1. The molecule has 3 aromatic carbocycles. The van der Waals surface area contributed by atoms with Crippen molar-refractivity contribution < 1.29 is 19.0 Å². The van der Waals surface area contributed by atoms with Crippen LogP contribution in [-0.4, -0.2) is 48.7 Å². The normalized spacial score (nSPS) is 10.5. The van der Waals surface area contributed by atoms with Crippen molar-refractivity contribution in [3.05, 3.63) is 95.1 Å². The van der Waals surface area contributed by atoms with Crippen molar-refractivity contribution in [3.8, 4) is 22.7 Å². The highest BCUT2D eigenvalue weighted by Crippen LogP contribution is 2.26. The molecule has 1 aromatic heterocycles. The van der Waals surface area contributed by atoms with Gasteiger partial charge < -0.3 is 19.5 Å². The maximum absolute atomic E-state index is 13.3. The van der Waals surface area contributed by atoms with Gasteiger partial charge in [-0.2, -0.15) is 5.10 Å². The summed E-state index contributed by atoms with van der Waals surface area (Å²) in [5.41, 5.74) is 3.47. The second kappa shape index (κ2) is 16.5. The van der Waals surface area contributed by atoms with Gasteiger partial charge in [-0.1, -0.05) is 67.0 Å². The van der Waals surface area contributed by atoms with Gasteiger partial charge in [0.05, 0.1) is 31.1 Å². The van der Waals surface area contributed by atoms with Gasteiger partial charge in [0.2, 0.25) is 0 Å². The molecule has 0 aliphatic heterocycles. The summed E-state index contributed by atoms with van der Waals surface area (Å²) < 4.78 is 19.3. The summed E-state index contributed by atoms with van der Waals surface area (Å²) in [4.78, 5) is 13.3. The third-order valence-electron chi connectivity index (χ3n) is 5.43. The Morgan fingerprint density at radius 2 is 1.49 bits per heavy atom. The van der Waals surface area contributed by atoms with Crippen LogP contribution in [0.1, 0.15) is 37.6 Å². The number of hydrogen-bond donors (Lipinski definition) is 1. The fourth-order valence-electron chi connectivity index (χ4n) is 3.59. The summed E-state index contributed by atoms with van der Waals surface area (Å²) in [5.74, 6) is 0.462. The van der Waals surface area contributed by atoms with E-state index in [4.69, 9.17) is 19.3 Å². The van der Waals surface area contributed by atoms with Gasteiger partial charge in [0.25, 0.3) is 5.91 Å². The number of aromatic nitrogens is 2. The van der Waals surface area contributed by atoms with Crippen LogP contribution in [0.25, 0.3) is 16.9 Å². The number of ether oxygens (including phenoxy) is 3. The highest BCUT2D eigenvalue weighted by atomic mass is 79.9. The summed E-state index contributed by atoms with van der Waals surface area (Å²) >= 11 is 3.46. The monoisotopic (exact) mass is 593 g/mol. The predicted octanol–water partition coefficient (Wildman–Crippen LogP) is 7.40. The maximum atomic E-state index is 13.3. The largest absolute Gasteiger partial charge is 0.491 e. The van der Waals surface area contributed by atoms with Crippen LogP contribution in [0.4, 0.5) is 5.69 Å². The van der Waals surface area contributed by atoms with Crippen molar-refractivity contribution in [3.63, 3.8) is 0 Å². The van der Waals surface area contributed by atoms with E-state index in [1.54, 1.807) is 10.9 Å². The van der Waals surface area contributed by atoms with Gasteiger partial charge in [-0.15, -0.1) is 0 Å². The van der Waals surface area contributed by atoms with Crippen LogP contribution >= 0.6 is 15.9 Å². The second-order valence-corrected chi connectivity index (χ2v) is 9.15. The van der Waals surface area contributed by atoms with E-state index in [9.17, 15) is 4.79 Å². The Kier molecular flexibility index (Phi) is 12.7. The van der Waals surface area contributed by atoms with Crippen molar-refractivity contribution in [2.24, 2.45) is 0 Å². The molecule has 39 heavy (non-hydrogen) atoms. The summed E-state index contributed by atoms with van der Waals surface area (Å²) in [5, 5.41) is 7.70. The molecule has 0 aliphatic carbocycles. The van der Waals surface area contributed by atoms with Crippen molar-refractivity contribution in [2.45, 2.75) is 27.2 Å². The Hall–Kier alpha value is -3.46. The zero-order chi connectivity index (χ0) is 27.9. The molecular formula is C31H36BrN3O4. The van der Waals surface area contributed by atoms with Gasteiger partial charge in [0.15, 0.2) is 0 Å². The van der Waals surface area contributed by atoms with E-state index in [0.29, 0.717) is 49.1 Å². The van der Waals surface area contributed by atoms with Crippen LogP contribution in [0, 0.1) is 0 Å². The molecule has 7 nitrogen and oxygen atoms in total. The molecule has 0 atom stereocenters. The number of anilines is 1. The highest BCUT2D eigenvalue weighted by molar-refractivity contribution is 9.10. The molecule has 0 aliphatic rings. The van der Waals surface area contributed by atoms with Gasteiger partial charge in [0, 0.05) is 28.5 Å². The molecule has 1 N–H and O–H groups in total. The van der Waals surface area contributed by atoms with Gasteiger partial charge in [0.1, 0.15) is 18.1 Å². The molecule has 8 heteroatoms. The van der Waals surface area contributed by atoms with Crippen LogP contribution in [-0.2, 0) is 9.47 Å². The topological polar surface area (TPSA) is 74.6 Å². The molecule has 0 spiro atoms. The second-order valence-electron chi connectivity index (χ2n) is 8.23. The summed E-state index contributed by atoms with van der Waals surface area (Å²) in [7, 11) is 0. The van der Waals surface area contributed by atoms with E-state index in [2.05, 4.69) is 28.2 Å². The third-order valence-corrected chi connectivity index (χ3v) is 5.95. The first-order valence-corrected chi connectivity index (χ1v) is 14.0. The molecule has 4 rings (SSSR count). The number of rotatable bonds is 13. The van der Waals surface area contributed by atoms with Crippen LogP contribution in [0.5, 0.6) is 5.75 Å². The average Bonchev–Trinajstić information content (AvgIpc) is 3.43. The minimum atomic E-state index is -0.243. The first-order chi connectivity index (χ1) is 19.1. The van der Waals surface area contributed by atoms with Gasteiger partial charge >= 0.3 is 0 Å². The molecule has 1 amide bonds. The van der Waals surface area contributed by atoms with E-state index in [-0.39, 0.29) is 5.91 Å². The Morgan fingerprint density at radius 1 is 0.846 bits per heavy atom. The number of carbonyl (C=O) groups excluding carboxylic acids is 1. The van der Waals surface area contributed by atoms with Crippen molar-refractivity contribution in [2.75, 3.05) is 38.4 Å². The lowest BCUT2D eigenvalue weighted by Gasteiger charge is -2.09. The van der Waals surface area contributed by atoms with Crippen molar-refractivity contribution in [1.82, 2.24) is 9.78 Å². The lowest BCUT2D eigenvalue weighted by molar-refractivity contribution is 0.0366. The zero-order valence-corrected chi connectivity index (χ0v) is 24.3. The third kappa shape index (κ3) is 9.35. The summed E-state index contributed by atoms with van der Waals surface area (Å²) in [6, 6.07) is 24.7. The van der Waals surface area contributed by atoms with E-state index in [0.717, 1.165) is 28.8 Å². The van der Waals surface area contributed by atoms with E-state index in [1.807, 2.05) is 92.7 Å². The summed E-state index contributed by atoms with van der Waals surface area (Å²) in [6.07, 6.45) is 2.76. The number of amides is 1. The smallest absolute Gasteiger partial charge is 0.259 e. The fraction of sp³-hybridized carbons (Fsp3) is 0.290. The maximum Gasteiger partial charge on any atom is 0.259 e. The molecule has 0 unspecified atom stereocenters. The number of hydrogen-bond acceptors (Lipinski definition) is 5. The molecule has 0 radical (unpaired) electrons. The Balaban J connectivity index is 0.00000205. The molecule has 4 aromatic rings. The number of halogens is 1. The van der Waals surface area contributed by atoms with Crippen molar-refractivity contribution >= 4 is 27.5 Å². The molecule has 0 saturated carbocycles. The fourth-order valence-corrected chi connectivity index (χ4v) is 3.86. The van der Waals surface area contributed by atoms with Crippen LogP contribution < -0.4 is 10.1 Å². The minimum Gasteiger partial charge on any atom is -0.491 e. The zero-order valence-electron chi connectivity index (χ0n) is 22.7. The van der Waals surface area contributed by atoms with Gasteiger partial charge in [-0.3, -0.25) is 4.79 Å². The standard InChI is InChI=1S/C29H30BrN3O4.C2H6/c1-2-16-35-17-18-36-19-20-37-26-14-12-24(13-15-26)31-29(34)27-21-33(25-6-4-3-5-7-25)32-28(27)22-8-10-23(30)11-9-22;1-2/h3-15,21H,2,16-20H2,1H3,(H,31,34);1-2H3. The minimum absolute atomic E-state index is 0.243. The van der Waals surface area contributed by atoms with Crippen LogP contribution in [0.2, 0.25) is 0 Å². The number of carbonyl (C=O) groups is 1. The molecule has 1 heterocycles. The molecule has 206 valence electrons. The quantitative estimate of drug-likeness (QED) is 0.163. The Labute approximate surface area is 239 Å². The van der Waals surface area contributed by atoms with Crippen LogP contribution in [0.3, 0.4) is 0 Å². The number of benzene rings is 3. The highest BCUT2D eigenvalue weighted by Gasteiger charge is 2.19. The molecule has 0 bridgehead atoms. The van der Waals surface area contributed by atoms with E-state index >= 15 is 0 Å². The van der Waals surface area contributed by atoms with Gasteiger partial charge in [-0.25, -0.2) is 4.68 Å².